The molecule has 3 aromatic carbocycles. The highest BCUT2D eigenvalue weighted by atomic mass is 35.5. The molecule has 0 N–H and O–H groups in total. The molecule has 4 rings (SSSR count). The van der Waals surface area contributed by atoms with E-state index in [1.54, 1.807) is 0 Å². The number of hydrogen-bond donors (Lipinski definition) is 0. The maximum absolute atomic E-state index is 11.6. The number of carbonyl (C=O) groups is 1. The van der Waals surface area contributed by atoms with E-state index in [0.717, 1.165) is 72.6 Å². The van der Waals surface area contributed by atoms with Gasteiger partial charge in [-0.1, -0.05) is 109 Å². The lowest BCUT2D eigenvalue weighted by atomic mass is 10.0. The molecule has 0 unspecified atom stereocenters. The number of imidazole rings is 1. The molecular weight excluding hydrogens is 503 g/mol. The van der Waals surface area contributed by atoms with Gasteiger partial charge in [0.25, 0.3) is 0 Å². The minimum absolute atomic E-state index is 0.107. The predicted molar refractivity (Wildman–Crippen MR) is 153 cm³/mol. The van der Waals surface area contributed by atoms with Crippen LogP contribution in [-0.2, 0) is 16.1 Å². The van der Waals surface area contributed by atoms with Crippen molar-refractivity contribution >= 4 is 29.2 Å². The first kappa shape index (κ1) is 27.0. The molecule has 4 nitrogen and oxygen atoms in total. The lowest BCUT2D eigenvalue weighted by Gasteiger charge is -2.15. The number of rotatable bonds is 12. The molecule has 0 spiro atoms. The minimum Gasteiger partial charge on any atom is -0.466 e. The minimum atomic E-state index is -0.107. The summed E-state index contributed by atoms with van der Waals surface area (Å²) in [5.74, 6) is 0.789. The highest BCUT2D eigenvalue weighted by Gasteiger charge is 2.23. The van der Waals surface area contributed by atoms with E-state index in [9.17, 15) is 4.79 Å². The third-order valence-electron chi connectivity index (χ3n) is 6.33. The highest BCUT2D eigenvalue weighted by molar-refractivity contribution is 6.34. The number of benzene rings is 3. The van der Waals surface area contributed by atoms with Gasteiger partial charge in [-0.2, -0.15) is 0 Å². The highest BCUT2D eigenvalue weighted by Crippen LogP contribution is 2.41. The summed E-state index contributed by atoms with van der Waals surface area (Å²) in [5, 5.41) is 1.33. The average Bonchev–Trinajstić information content (AvgIpc) is 3.28. The summed E-state index contributed by atoms with van der Waals surface area (Å²) in [6, 6.07) is 25.9. The summed E-state index contributed by atoms with van der Waals surface area (Å²) in [6.07, 6.45) is 5.46. The van der Waals surface area contributed by atoms with E-state index in [-0.39, 0.29) is 5.97 Å². The molecule has 6 heteroatoms. The zero-order valence-electron chi connectivity index (χ0n) is 21.1. The Kier molecular flexibility index (Phi) is 9.81. The van der Waals surface area contributed by atoms with E-state index < -0.39 is 0 Å². The fourth-order valence-electron chi connectivity index (χ4n) is 4.55. The van der Waals surface area contributed by atoms with Gasteiger partial charge in [-0.25, -0.2) is 4.98 Å². The lowest BCUT2D eigenvalue weighted by Crippen LogP contribution is -2.04. The Balaban J connectivity index is 1.66. The summed E-state index contributed by atoms with van der Waals surface area (Å²) >= 11 is 13.4. The van der Waals surface area contributed by atoms with Crippen LogP contribution in [0.3, 0.4) is 0 Å². The van der Waals surface area contributed by atoms with Crippen LogP contribution in [-0.4, -0.2) is 22.1 Å². The van der Waals surface area contributed by atoms with Crippen molar-refractivity contribution in [2.75, 3.05) is 6.61 Å². The van der Waals surface area contributed by atoms with Crippen molar-refractivity contribution in [2.45, 2.75) is 52.0 Å². The summed E-state index contributed by atoms with van der Waals surface area (Å²) in [6.45, 7) is 3.07. The van der Waals surface area contributed by atoms with E-state index in [0.29, 0.717) is 23.1 Å². The van der Waals surface area contributed by atoms with E-state index in [4.69, 9.17) is 32.9 Å². The maximum Gasteiger partial charge on any atom is 0.305 e. The van der Waals surface area contributed by atoms with Crippen molar-refractivity contribution in [3.8, 4) is 33.9 Å². The second-order valence-corrected chi connectivity index (χ2v) is 9.75. The molecule has 0 aliphatic heterocycles. The van der Waals surface area contributed by atoms with Crippen LogP contribution >= 0.6 is 23.2 Å². The summed E-state index contributed by atoms with van der Waals surface area (Å²) in [4.78, 5) is 16.7. The van der Waals surface area contributed by atoms with Gasteiger partial charge in [-0.05, 0) is 31.9 Å². The van der Waals surface area contributed by atoms with Gasteiger partial charge in [0.15, 0.2) is 0 Å². The lowest BCUT2D eigenvalue weighted by molar-refractivity contribution is -0.143. The number of unbranched alkanes of at least 4 members (excludes halogenated alkanes) is 4. The topological polar surface area (TPSA) is 44.1 Å². The number of halogens is 2. The molecule has 0 atom stereocenters. The van der Waals surface area contributed by atoms with Crippen LogP contribution in [0.1, 0.15) is 45.4 Å². The first-order chi connectivity index (χ1) is 18.1. The van der Waals surface area contributed by atoms with E-state index in [1.165, 1.54) is 0 Å². The van der Waals surface area contributed by atoms with Gasteiger partial charge < -0.3 is 9.30 Å². The third kappa shape index (κ3) is 6.82. The fourth-order valence-corrected chi connectivity index (χ4v) is 5.00. The number of esters is 1. The monoisotopic (exact) mass is 534 g/mol. The molecular formula is C31H32Cl2N2O2. The Morgan fingerprint density at radius 2 is 1.38 bits per heavy atom. The van der Waals surface area contributed by atoms with Crippen LogP contribution in [0, 0.1) is 0 Å². The quantitative estimate of drug-likeness (QED) is 0.134. The van der Waals surface area contributed by atoms with Gasteiger partial charge in [0, 0.05) is 34.7 Å². The van der Waals surface area contributed by atoms with Crippen LogP contribution < -0.4 is 0 Å². The molecule has 1 aromatic heterocycles. The number of hydrogen-bond acceptors (Lipinski definition) is 3. The molecule has 0 saturated carbocycles. The normalized spacial score (nSPS) is 11.0. The van der Waals surface area contributed by atoms with Gasteiger partial charge in [0.05, 0.1) is 23.0 Å². The van der Waals surface area contributed by atoms with E-state index in [1.807, 2.05) is 73.7 Å². The predicted octanol–water partition coefficient (Wildman–Crippen LogP) is 9.09. The Labute approximate surface area is 229 Å². The van der Waals surface area contributed by atoms with Crippen LogP contribution in [0.2, 0.25) is 10.0 Å². The van der Waals surface area contributed by atoms with Crippen LogP contribution in [0.4, 0.5) is 0 Å². The summed E-state index contributed by atoms with van der Waals surface area (Å²) < 4.78 is 7.31. The molecule has 4 aromatic rings. The van der Waals surface area contributed by atoms with Crippen molar-refractivity contribution in [1.82, 2.24) is 9.55 Å². The first-order valence-corrected chi connectivity index (χ1v) is 13.7. The van der Waals surface area contributed by atoms with Gasteiger partial charge in [0.2, 0.25) is 0 Å². The van der Waals surface area contributed by atoms with Crippen LogP contribution in [0.5, 0.6) is 0 Å². The molecule has 0 amide bonds. The first-order valence-electron chi connectivity index (χ1n) is 12.9. The van der Waals surface area contributed by atoms with E-state index in [2.05, 4.69) is 16.7 Å². The molecule has 1 heterocycles. The third-order valence-corrected chi connectivity index (χ3v) is 6.98. The Morgan fingerprint density at radius 1 is 0.784 bits per heavy atom. The Bertz CT molecular complexity index is 1320. The Hall–Kier alpha value is -3.08. The molecule has 0 fully saturated rings. The van der Waals surface area contributed by atoms with Gasteiger partial charge in [0.1, 0.15) is 5.82 Å². The largest absolute Gasteiger partial charge is 0.466 e. The number of nitrogens with zero attached hydrogens (tertiary/aromatic N) is 2. The molecule has 0 aliphatic carbocycles. The number of ether oxygens (including phenoxy) is 1. The Morgan fingerprint density at radius 3 is 2.05 bits per heavy atom. The average molecular weight is 536 g/mol. The zero-order valence-corrected chi connectivity index (χ0v) is 22.6. The SMILES string of the molecule is CCOC(=O)CCCCCCCn1c(-c2ccccc2)nc(-c2ccccc2Cl)c1-c1ccccc1Cl. The summed E-state index contributed by atoms with van der Waals surface area (Å²) in [5.41, 5.74) is 4.66. The van der Waals surface area contributed by atoms with Crippen LogP contribution in [0.15, 0.2) is 78.9 Å². The second kappa shape index (κ2) is 13.5. The van der Waals surface area contributed by atoms with Crippen LogP contribution in [0.25, 0.3) is 33.9 Å². The van der Waals surface area contributed by atoms with Crippen molar-refractivity contribution in [2.24, 2.45) is 0 Å². The molecule has 0 aliphatic rings. The number of carbonyl (C=O) groups excluding carboxylic acids is 1. The van der Waals surface area contributed by atoms with E-state index >= 15 is 0 Å². The summed E-state index contributed by atoms with van der Waals surface area (Å²) in [7, 11) is 0. The van der Waals surface area contributed by atoms with Crippen molar-refractivity contribution in [1.29, 1.82) is 0 Å². The molecule has 0 bridgehead atoms. The molecule has 0 saturated heterocycles. The zero-order chi connectivity index (χ0) is 26.0. The van der Waals surface area contributed by atoms with Gasteiger partial charge in [-0.3, -0.25) is 4.79 Å². The van der Waals surface area contributed by atoms with Gasteiger partial charge in [-0.15, -0.1) is 0 Å². The maximum atomic E-state index is 11.6. The standard InChI is InChI=1S/C31H32Cl2N2O2/c1-2-37-28(36)21-9-4-3-5-14-22-35-30(25-18-11-13-20-27(25)33)29(24-17-10-12-19-26(24)32)34-31(35)23-15-7-6-8-16-23/h6-8,10-13,15-20H,2-5,9,14,21-22H2,1H3. The fraction of sp³-hybridized carbons (Fsp3) is 0.290. The van der Waals surface area contributed by atoms with Crippen molar-refractivity contribution < 1.29 is 9.53 Å². The van der Waals surface area contributed by atoms with Gasteiger partial charge >= 0.3 is 5.97 Å². The molecule has 192 valence electrons. The second-order valence-electron chi connectivity index (χ2n) is 8.93. The number of aromatic nitrogens is 2. The molecule has 37 heavy (non-hydrogen) atoms. The molecule has 0 radical (unpaired) electrons. The van der Waals surface area contributed by atoms with Crippen molar-refractivity contribution in [3.63, 3.8) is 0 Å². The van der Waals surface area contributed by atoms with Crippen molar-refractivity contribution in [3.05, 3.63) is 88.9 Å². The smallest absolute Gasteiger partial charge is 0.305 e.